The standard InChI is InChI=1S/C18H25ClN4O3.ClH/c1-13(24)21-7-8-22-17(25)5-6-18(26)23-10-9-20-12-16(23)14-3-2-4-15(19)11-14;/h2-4,11,16,20H,5-10,12H2,1H3,(H,21,24)(H,22,25);1H. The minimum absolute atomic E-state index is 0. The molecule has 27 heavy (non-hydrogen) atoms. The third-order valence-electron chi connectivity index (χ3n) is 4.18. The van der Waals surface area contributed by atoms with Crippen molar-refractivity contribution < 1.29 is 14.4 Å². The van der Waals surface area contributed by atoms with Gasteiger partial charge in [-0.2, -0.15) is 0 Å². The van der Waals surface area contributed by atoms with E-state index in [9.17, 15) is 14.4 Å². The van der Waals surface area contributed by atoms with Gasteiger partial charge in [0.25, 0.3) is 0 Å². The number of benzene rings is 1. The zero-order chi connectivity index (χ0) is 18.9. The Morgan fingerprint density at radius 1 is 1.22 bits per heavy atom. The molecule has 1 saturated heterocycles. The Morgan fingerprint density at radius 2 is 1.96 bits per heavy atom. The number of hydrogen-bond acceptors (Lipinski definition) is 4. The van der Waals surface area contributed by atoms with Crippen LogP contribution >= 0.6 is 24.0 Å². The van der Waals surface area contributed by atoms with E-state index >= 15 is 0 Å². The highest BCUT2D eigenvalue weighted by Gasteiger charge is 2.27. The van der Waals surface area contributed by atoms with Crippen LogP contribution < -0.4 is 16.0 Å². The molecule has 2 rings (SSSR count). The zero-order valence-electron chi connectivity index (χ0n) is 15.3. The fourth-order valence-corrected chi connectivity index (χ4v) is 3.11. The third-order valence-corrected chi connectivity index (χ3v) is 4.42. The summed E-state index contributed by atoms with van der Waals surface area (Å²) in [5.41, 5.74) is 0.984. The second-order valence-electron chi connectivity index (χ2n) is 6.19. The van der Waals surface area contributed by atoms with Crippen molar-refractivity contribution in [2.45, 2.75) is 25.8 Å². The highest BCUT2D eigenvalue weighted by Crippen LogP contribution is 2.25. The summed E-state index contributed by atoms with van der Waals surface area (Å²) in [5.74, 6) is -0.383. The van der Waals surface area contributed by atoms with E-state index in [2.05, 4.69) is 16.0 Å². The van der Waals surface area contributed by atoms with Crippen molar-refractivity contribution in [3.63, 3.8) is 0 Å². The van der Waals surface area contributed by atoms with Crippen molar-refractivity contribution in [3.8, 4) is 0 Å². The summed E-state index contributed by atoms with van der Waals surface area (Å²) < 4.78 is 0. The molecule has 1 aliphatic rings. The lowest BCUT2D eigenvalue weighted by Gasteiger charge is -2.36. The average Bonchev–Trinajstić information content (AvgIpc) is 2.63. The first-order chi connectivity index (χ1) is 12.5. The molecule has 1 unspecified atom stereocenters. The highest BCUT2D eigenvalue weighted by atomic mass is 35.5. The predicted octanol–water partition coefficient (Wildman–Crippen LogP) is 1.27. The number of nitrogens with zero attached hydrogens (tertiary/aromatic N) is 1. The highest BCUT2D eigenvalue weighted by molar-refractivity contribution is 6.30. The van der Waals surface area contributed by atoms with Crippen LogP contribution in [0.1, 0.15) is 31.4 Å². The first-order valence-electron chi connectivity index (χ1n) is 8.74. The Balaban J connectivity index is 0.00000364. The van der Waals surface area contributed by atoms with Crippen molar-refractivity contribution in [1.29, 1.82) is 0 Å². The number of piperazine rings is 1. The first kappa shape index (κ1) is 23.2. The maximum Gasteiger partial charge on any atom is 0.223 e. The van der Waals surface area contributed by atoms with Crippen molar-refractivity contribution in [1.82, 2.24) is 20.9 Å². The van der Waals surface area contributed by atoms with Crippen LogP contribution in [0.5, 0.6) is 0 Å². The molecular weight excluding hydrogens is 391 g/mol. The molecule has 0 aromatic heterocycles. The van der Waals surface area contributed by atoms with Gasteiger partial charge in [-0.15, -0.1) is 12.4 Å². The van der Waals surface area contributed by atoms with Crippen LogP contribution in [0.3, 0.4) is 0 Å². The lowest BCUT2D eigenvalue weighted by Crippen LogP contribution is -2.48. The van der Waals surface area contributed by atoms with Crippen molar-refractivity contribution in [3.05, 3.63) is 34.9 Å². The molecule has 9 heteroatoms. The van der Waals surface area contributed by atoms with E-state index in [0.29, 0.717) is 31.2 Å². The number of carbonyl (C=O) groups excluding carboxylic acids is 3. The fourth-order valence-electron chi connectivity index (χ4n) is 2.91. The molecule has 0 saturated carbocycles. The molecule has 1 atom stereocenters. The van der Waals surface area contributed by atoms with Crippen molar-refractivity contribution >= 4 is 41.7 Å². The molecule has 0 radical (unpaired) electrons. The van der Waals surface area contributed by atoms with Gasteiger partial charge in [-0.25, -0.2) is 0 Å². The number of halogens is 2. The SMILES string of the molecule is CC(=O)NCCNC(=O)CCC(=O)N1CCNCC1c1cccc(Cl)c1.Cl. The molecule has 0 spiro atoms. The minimum Gasteiger partial charge on any atom is -0.355 e. The smallest absolute Gasteiger partial charge is 0.223 e. The Bertz CT molecular complexity index is 657. The maximum atomic E-state index is 12.6. The van der Waals surface area contributed by atoms with Gasteiger partial charge >= 0.3 is 0 Å². The third kappa shape index (κ3) is 7.74. The Kier molecular flexibility index (Phi) is 10.1. The molecule has 1 aliphatic heterocycles. The van der Waals surface area contributed by atoms with E-state index in [4.69, 9.17) is 11.6 Å². The van der Waals surface area contributed by atoms with E-state index in [-0.39, 0.29) is 49.0 Å². The van der Waals surface area contributed by atoms with Gasteiger partial charge in [0.15, 0.2) is 0 Å². The molecule has 0 bridgehead atoms. The quantitative estimate of drug-likeness (QED) is 0.583. The minimum atomic E-state index is -0.196. The number of rotatable bonds is 7. The van der Waals surface area contributed by atoms with Crippen LogP contribution in [0, 0.1) is 0 Å². The summed E-state index contributed by atoms with van der Waals surface area (Å²) in [6.45, 7) is 4.14. The Hall–Kier alpha value is -1.83. The predicted molar refractivity (Wildman–Crippen MR) is 107 cm³/mol. The summed E-state index contributed by atoms with van der Waals surface area (Å²) in [5, 5.41) is 9.23. The normalized spacial score (nSPS) is 16.2. The van der Waals surface area contributed by atoms with Gasteiger partial charge in [0.1, 0.15) is 0 Å². The molecule has 3 N–H and O–H groups in total. The molecule has 1 fully saturated rings. The van der Waals surface area contributed by atoms with Crippen LogP contribution in [0.4, 0.5) is 0 Å². The van der Waals surface area contributed by atoms with Crippen LogP contribution in [0.25, 0.3) is 0 Å². The lowest BCUT2D eigenvalue weighted by molar-refractivity contribution is -0.136. The second-order valence-corrected chi connectivity index (χ2v) is 6.63. The monoisotopic (exact) mass is 416 g/mol. The fraction of sp³-hybridized carbons (Fsp3) is 0.500. The van der Waals surface area contributed by atoms with Crippen LogP contribution in [0.2, 0.25) is 5.02 Å². The van der Waals surface area contributed by atoms with E-state index in [0.717, 1.165) is 12.1 Å². The van der Waals surface area contributed by atoms with Gasteiger partial charge in [0.2, 0.25) is 17.7 Å². The Labute approximate surface area is 170 Å². The molecule has 7 nitrogen and oxygen atoms in total. The van der Waals surface area contributed by atoms with Crippen molar-refractivity contribution in [2.75, 3.05) is 32.7 Å². The van der Waals surface area contributed by atoms with E-state index < -0.39 is 0 Å². The van der Waals surface area contributed by atoms with Gasteiger partial charge in [-0.3, -0.25) is 14.4 Å². The molecule has 3 amide bonds. The summed E-state index contributed by atoms with van der Waals surface area (Å²) in [7, 11) is 0. The largest absolute Gasteiger partial charge is 0.355 e. The summed E-state index contributed by atoms with van der Waals surface area (Å²) in [6.07, 6.45) is 0.286. The van der Waals surface area contributed by atoms with Gasteiger partial charge in [0.05, 0.1) is 6.04 Å². The number of carbonyl (C=O) groups is 3. The molecule has 1 aromatic rings. The average molecular weight is 417 g/mol. The lowest BCUT2D eigenvalue weighted by atomic mass is 10.0. The zero-order valence-corrected chi connectivity index (χ0v) is 16.9. The number of hydrogen-bond donors (Lipinski definition) is 3. The van der Waals surface area contributed by atoms with Gasteiger partial charge in [-0.05, 0) is 17.7 Å². The number of nitrogens with one attached hydrogen (secondary N) is 3. The van der Waals surface area contributed by atoms with Gasteiger partial charge in [0, 0.05) is 57.5 Å². The molecule has 1 aromatic carbocycles. The van der Waals surface area contributed by atoms with Gasteiger partial charge < -0.3 is 20.9 Å². The van der Waals surface area contributed by atoms with Gasteiger partial charge in [-0.1, -0.05) is 23.7 Å². The van der Waals surface area contributed by atoms with Crippen LogP contribution in [-0.4, -0.2) is 55.3 Å². The van der Waals surface area contributed by atoms with E-state index in [1.54, 1.807) is 6.07 Å². The maximum absolute atomic E-state index is 12.6. The number of amides is 3. The second kappa shape index (κ2) is 11.8. The van der Waals surface area contributed by atoms with Crippen LogP contribution in [-0.2, 0) is 14.4 Å². The van der Waals surface area contributed by atoms with Crippen molar-refractivity contribution in [2.24, 2.45) is 0 Å². The first-order valence-corrected chi connectivity index (χ1v) is 9.12. The summed E-state index contributed by atoms with van der Waals surface area (Å²) in [4.78, 5) is 37.0. The molecule has 1 heterocycles. The Morgan fingerprint density at radius 3 is 2.67 bits per heavy atom. The van der Waals surface area contributed by atoms with E-state index in [1.165, 1.54) is 6.92 Å². The van der Waals surface area contributed by atoms with Crippen LogP contribution in [0.15, 0.2) is 24.3 Å². The summed E-state index contributed by atoms with van der Waals surface area (Å²) >= 11 is 6.07. The molecule has 150 valence electrons. The topological polar surface area (TPSA) is 90.5 Å². The summed E-state index contributed by atoms with van der Waals surface area (Å²) in [6, 6.07) is 7.42. The molecule has 0 aliphatic carbocycles. The molecular formula is C18H26Cl2N4O3. The van der Waals surface area contributed by atoms with E-state index in [1.807, 2.05) is 23.1 Å².